The lowest BCUT2D eigenvalue weighted by molar-refractivity contribution is 0.259. The summed E-state index contributed by atoms with van der Waals surface area (Å²) in [5.41, 5.74) is 1.06. The van der Waals surface area contributed by atoms with Gasteiger partial charge in [-0.3, -0.25) is 0 Å². The van der Waals surface area contributed by atoms with E-state index in [1.54, 1.807) is 12.1 Å². The number of nitrogens with zero attached hydrogens (tertiary/aromatic N) is 1. The van der Waals surface area contributed by atoms with E-state index in [2.05, 4.69) is 17.3 Å². The van der Waals surface area contributed by atoms with E-state index in [1.165, 1.54) is 31.9 Å². The summed E-state index contributed by atoms with van der Waals surface area (Å²) in [6.45, 7) is 3.09. The molecule has 19 heavy (non-hydrogen) atoms. The van der Waals surface area contributed by atoms with Crippen LogP contribution in [-0.2, 0) is 6.54 Å². The summed E-state index contributed by atoms with van der Waals surface area (Å²) < 4.78 is 13.2. The van der Waals surface area contributed by atoms with E-state index in [9.17, 15) is 4.39 Å². The minimum absolute atomic E-state index is 0.138. The molecule has 3 atom stereocenters. The molecular formula is C16H23FN2. The van der Waals surface area contributed by atoms with Gasteiger partial charge in [-0.25, -0.2) is 4.39 Å². The van der Waals surface area contributed by atoms with Crippen LogP contribution in [0.3, 0.4) is 0 Å². The van der Waals surface area contributed by atoms with E-state index < -0.39 is 0 Å². The quantitative estimate of drug-likeness (QED) is 0.897. The minimum Gasteiger partial charge on any atom is -0.312 e. The summed E-state index contributed by atoms with van der Waals surface area (Å²) >= 11 is 0. The lowest BCUT2D eigenvalue weighted by Crippen LogP contribution is -2.38. The predicted molar refractivity (Wildman–Crippen MR) is 75.4 cm³/mol. The molecule has 1 aromatic carbocycles. The number of hydrogen-bond donors (Lipinski definition) is 1. The molecule has 1 heterocycles. The predicted octanol–water partition coefficient (Wildman–Crippen LogP) is 2.65. The normalized spacial score (nSPS) is 29.9. The molecule has 1 aliphatic carbocycles. The number of likely N-dealkylation sites (N-methyl/N-ethyl adjacent to an activating group) is 1. The maximum Gasteiger partial charge on any atom is 0.123 e. The fraction of sp³-hybridized carbons (Fsp3) is 0.625. The summed E-state index contributed by atoms with van der Waals surface area (Å²) in [5.74, 6) is 1.64. The van der Waals surface area contributed by atoms with Gasteiger partial charge in [-0.15, -0.1) is 0 Å². The Hall–Kier alpha value is -0.930. The number of fused-ring (bicyclic) bond motifs is 1. The lowest BCUT2D eigenvalue weighted by Gasteiger charge is -2.25. The average Bonchev–Trinajstić information content (AvgIpc) is 2.94. The van der Waals surface area contributed by atoms with Gasteiger partial charge in [0.05, 0.1) is 0 Å². The Morgan fingerprint density at radius 3 is 3.11 bits per heavy atom. The molecule has 2 aliphatic rings. The molecule has 1 saturated carbocycles. The van der Waals surface area contributed by atoms with Crippen LogP contribution in [0, 0.1) is 17.7 Å². The highest BCUT2D eigenvalue weighted by atomic mass is 19.1. The molecule has 1 N–H and O–H groups in total. The number of nitrogens with one attached hydrogen (secondary N) is 1. The largest absolute Gasteiger partial charge is 0.312 e. The Bertz CT molecular complexity index is 435. The second-order valence-corrected chi connectivity index (χ2v) is 6.20. The van der Waals surface area contributed by atoms with E-state index in [1.807, 2.05) is 6.07 Å². The van der Waals surface area contributed by atoms with Crippen LogP contribution in [0.5, 0.6) is 0 Å². The summed E-state index contributed by atoms with van der Waals surface area (Å²) in [6.07, 6.45) is 4.19. The van der Waals surface area contributed by atoms with Crippen LogP contribution in [0.15, 0.2) is 24.3 Å². The molecule has 0 radical (unpaired) electrons. The van der Waals surface area contributed by atoms with Crippen LogP contribution in [0.4, 0.5) is 4.39 Å². The standard InChI is InChI=1S/C16H23FN2/c1-19(10-12-4-2-6-14(17)8-12)11-16-15-7-3-5-13(15)9-18-16/h2,4,6,8,13,15-16,18H,3,5,7,9-11H2,1H3. The lowest BCUT2D eigenvalue weighted by atomic mass is 9.94. The van der Waals surface area contributed by atoms with Crippen molar-refractivity contribution in [2.45, 2.75) is 31.8 Å². The van der Waals surface area contributed by atoms with Gasteiger partial charge < -0.3 is 10.2 Å². The molecule has 2 fully saturated rings. The van der Waals surface area contributed by atoms with Crippen molar-refractivity contribution in [1.29, 1.82) is 0 Å². The second-order valence-electron chi connectivity index (χ2n) is 6.20. The topological polar surface area (TPSA) is 15.3 Å². The van der Waals surface area contributed by atoms with Crippen molar-refractivity contribution in [3.05, 3.63) is 35.6 Å². The molecule has 1 aromatic rings. The van der Waals surface area contributed by atoms with Gasteiger partial charge in [0, 0.05) is 19.1 Å². The van der Waals surface area contributed by atoms with E-state index >= 15 is 0 Å². The number of halogens is 1. The van der Waals surface area contributed by atoms with Gasteiger partial charge in [0.25, 0.3) is 0 Å². The zero-order valence-corrected chi connectivity index (χ0v) is 11.6. The first kappa shape index (κ1) is 13.1. The molecule has 104 valence electrons. The fourth-order valence-corrected chi connectivity index (χ4v) is 3.85. The zero-order chi connectivity index (χ0) is 13.2. The van der Waals surface area contributed by atoms with Crippen molar-refractivity contribution < 1.29 is 4.39 Å². The number of rotatable bonds is 4. The molecule has 2 nitrogen and oxygen atoms in total. The van der Waals surface area contributed by atoms with Gasteiger partial charge in [0.1, 0.15) is 5.82 Å². The maximum absolute atomic E-state index is 13.2. The summed E-state index contributed by atoms with van der Waals surface area (Å²) in [6, 6.07) is 7.56. The third kappa shape index (κ3) is 2.98. The highest BCUT2D eigenvalue weighted by Gasteiger charge is 2.38. The third-order valence-electron chi connectivity index (χ3n) is 4.73. The van der Waals surface area contributed by atoms with Gasteiger partial charge in [0.2, 0.25) is 0 Å². The molecule has 0 spiro atoms. The van der Waals surface area contributed by atoms with Gasteiger partial charge in [0.15, 0.2) is 0 Å². The molecule has 1 aliphatic heterocycles. The molecular weight excluding hydrogens is 239 g/mol. The fourth-order valence-electron chi connectivity index (χ4n) is 3.85. The molecule has 0 amide bonds. The number of benzene rings is 1. The monoisotopic (exact) mass is 262 g/mol. The SMILES string of the molecule is CN(Cc1cccc(F)c1)CC1NCC2CCCC21. The van der Waals surface area contributed by atoms with Crippen molar-refractivity contribution in [3.8, 4) is 0 Å². The Morgan fingerprint density at radius 2 is 2.26 bits per heavy atom. The first-order valence-electron chi connectivity index (χ1n) is 7.39. The van der Waals surface area contributed by atoms with Crippen LogP contribution in [0.2, 0.25) is 0 Å². The van der Waals surface area contributed by atoms with Crippen molar-refractivity contribution in [2.24, 2.45) is 11.8 Å². The molecule has 0 aromatic heterocycles. The molecule has 0 bridgehead atoms. The van der Waals surface area contributed by atoms with Crippen molar-refractivity contribution >= 4 is 0 Å². The van der Waals surface area contributed by atoms with Crippen LogP contribution in [0.1, 0.15) is 24.8 Å². The molecule has 1 saturated heterocycles. The first-order valence-corrected chi connectivity index (χ1v) is 7.39. The number of hydrogen-bond acceptors (Lipinski definition) is 2. The molecule has 3 rings (SSSR count). The summed E-state index contributed by atoms with van der Waals surface area (Å²) in [7, 11) is 2.13. The average molecular weight is 262 g/mol. The van der Waals surface area contributed by atoms with E-state index in [-0.39, 0.29) is 5.82 Å². The van der Waals surface area contributed by atoms with Gasteiger partial charge in [-0.2, -0.15) is 0 Å². The van der Waals surface area contributed by atoms with E-state index in [4.69, 9.17) is 0 Å². The van der Waals surface area contributed by atoms with Crippen molar-refractivity contribution in [1.82, 2.24) is 10.2 Å². The Kier molecular flexibility index (Phi) is 3.85. The minimum atomic E-state index is -0.138. The molecule has 3 heteroatoms. The van der Waals surface area contributed by atoms with Crippen molar-refractivity contribution in [3.63, 3.8) is 0 Å². The Labute approximate surface area is 115 Å². The Balaban J connectivity index is 1.55. The molecule has 3 unspecified atom stereocenters. The van der Waals surface area contributed by atoms with Crippen molar-refractivity contribution in [2.75, 3.05) is 20.1 Å². The smallest absolute Gasteiger partial charge is 0.123 e. The van der Waals surface area contributed by atoms with E-state index in [0.717, 1.165) is 30.5 Å². The van der Waals surface area contributed by atoms with Crippen LogP contribution in [-0.4, -0.2) is 31.1 Å². The van der Waals surface area contributed by atoms with Crippen LogP contribution < -0.4 is 5.32 Å². The third-order valence-corrected chi connectivity index (χ3v) is 4.73. The highest BCUT2D eigenvalue weighted by Crippen LogP contribution is 2.37. The summed E-state index contributed by atoms with van der Waals surface area (Å²) in [5, 5.41) is 3.67. The zero-order valence-electron chi connectivity index (χ0n) is 11.6. The van der Waals surface area contributed by atoms with Crippen LogP contribution >= 0.6 is 0 Å². The summed E-state index contributed by atoms with van der Waals surface area (Å²) in [4.78, 5) is 2.31. The second kappa shape index (κ2) is 5.59. The highest BCUT2D eigenvalue weighted by molar-refractivity contribution is 5.16. The van der Waals surface area contributed by atoms with Crippen LogP contribution in [0.25, 0.3) is 0 Å². The van der Waals surface area contributed by atoms with E-state index in [0.29, 0.717) is 6.04 Å². The van der Waals surface area contributed by atoms with Gasteiger partial charge >= 0.3 is 0 Å². The first-order chi connectivity index (χ1) is 9.22. The van der Waals surface area contributed by atoms with Gasteiger partial charge in [-0.1, -0.05) is 18.6 Å². The Morgan fingerprint density at radius 1 is 1.37 bits per heavy atom. The van der Waals surface area contributed by atoms with Gasteiger partial charge in [-0.05, 0) is 56.0 Å². The maximum atomic E-state index is 13.2.